The van der Waals surface area contributed by atoms with E-state index in [1.807, 2.05) is 7.05 Å². The van der Waals surface area contributed by atoms with Gasteiger partial charge in [-0.2, -0.15) is 0 Å². The van der Waals surface area contributed by atoms with Gasteiger partial charge in [0.2, 0.25) is 0 Å². The lowest BCUT2D eigenvalue weighted by Crippen LogP contribution is -2.15. The van der Waals surface area contributed by atoms with Gasteiger partial charge in [-0.15, -0.1) is 0 Å². The van der Waals surface area contributed by atoms with Gasteiger partial charge in [-0.1, -0.05) is 0 Å². The average molecular weight is 209 g/mol. The second-order valence-corrected chi connectivity index (χ2v) is 2.97. The van der Waals surface area contributed by atoms with Crippen molar-refractivity contribution in [3.63, 3.8) is 0 Å². The molecule has 0 aliphatic rings. The monoisotopic (exact) mass is 209 g/mol. The molecular formula is C11H15NO3. The van der Waals surface area contributed by atoms with E-state index in [9.17, 15) is 4.79 Å². The summed E-state index contributed by atoms with van der Waals surface area (Å²) in [5.41, 5.74) is 0.526. The quantitative estimate of drug-likeness (QED) is 0.582. The molecule has 0 saturated carbocycles. The fourth-order valence-electron chi connectivity index (χ4n) is 1.08. The van der Waals surface area contributed by atoms with E-state index in [2.05, 4.69) is 10.1 Å². The van der Waals surface area contributed by atoms with Crippen LogP contribution in [0.2, 0.25) is 0 Å². The molecule has 0 saturated heterocycles. The van der Waals surface area contributed by atoms with Crippen molar-refractivity contribution in [1.29, 1.82) is 0 Å². The maximum absolute atomic E-state index is 11.1. The first-order chi connectivity index (χ1) is 7.27. The summed E-state index contributed by atoms with van der Waals surface area (Å²) in [7, 11) is 3.23. The van der Waals surface area contributed by atoms with E-state index in [0.717, 1.165) is 12.3 Å². The van der Waals surface area contributed by atoms with E-state index in [-0.39, 0.29) is 5.97 Å². The van der Waals surface area contributed by atoms with E-state index in [1.54, 1.807) is 24.3 Å². The Hall–Kier alpha value is -1.55. The van der Waals surface area contributed by atoms with E-state index < -0.39 is 0 Å². The molecule has 0 amide bonds. The lowest BCUT2D eigenvalue weighted by Gasteiger charge is -2.05. The molecule has 82 valence electrons. The van der Waals surface area contributed by atoms with E-state index >= 15 is 0 Å². The number of nitrogens with one attached hydrogen (secondary N) is 1. The minimum atomic E-state index is -0.336. The number of carbonyl (C=O) groups is 1. The smallest absolute Gasteiger partial charge is 0.337 e. The van der Waals surface area contributed by atoms with Crippen LogP contribution in [0.3, 0.4) is 0 Å². The number of carbonyl (C=O) groups excluding carboxylic acids is 1. The number of hydrogen-bond donors (Lipinski definition) is 1. The fourth-order valence-corrected chi connectivity index (χ4v) is 1.08. The van der Waals surface area contributed by atoms with Crippen LogP contribution in [0.1, 0.15) is 10.4 Å². The third kappa shape index (κ3) is 3.59. The second kappa shape index (κ2) is 6.03. The van der Waals surface area contributed by atoms with Crippen molar-refractivity contribution >= 4 is 5.97 Å². The van der Waals surface area contributed by atoms with Gasteiger partial charge in [0.1, 0.15) is 12.4 Å². The van der Waals surface area contributed by atoms with Crippen molar-refractivity contribution in [2.45, 2.75) is 0 Å². The Labute approximate surface area is 89.2 Å². The maximum Gasteiger partial charge on any atom is 0.337 e. The lowest BCUT2D eigenvalue weighted by atomic mass is 10.2. The Bertz CT molecular complexity index is 308. The molecule has 0 bridgehead atoms. The molecule has 0 radical (unpaired) electrons. The summed E-state index contributed by atoms with van der Waals surface area (Å²) in [4.78, 5) is 11.1. The summed E-state index contributed by atoms with van der Waals surface area (Å²) in [6.07, 6.45) is 0. The molecule has 0 aromatic heterocycles. The van der Waals surface area contributed by atoms with Crippen LogP contribution in [-0.2, 0) is 4.74 Å². The molecule has 0 aliphatic heterocycles. The van der Waals surface area contributed by atoms with Gasteiger partial charge in [0, 0.05) is 6.54 Å². The highest BCUT2D eigenvalue weighted by molar-refractivity contribution is 5.89. The Kier molecular flexibility index (Phi) is 4.63. The van der Waals surface area contributed by atoms with Crippen LogP contribution >= 0.6 is 0 Å². The first-order valence-electron chi connectivity index (χ1n) is 4.73. The van der Waals surface area contributed by atoms with Crippen LogP contribution in [0.15, 0.2) is 24.3 Å². The molecule has 4 nitrogen and oxygen atoms in total. The van der Waals surface area contributed by atoms with Gasteiger partial charge in [-0.05, 0) is 31.3 Å². The van der Waals surface area contributed by atoms with Crippen LogP contribution in [0.5, 0.6) is 5.75 Å². The minimum absolute atomic E-state index is 0.336. The summed E-state index contributed by atoms with van der Waals surface area (Å²) in [5, 5.41) is 2.98. The summed E-state index contributed by atoms with van der Waals surface area (Å²) in [5.74, 6) is 0.412. The van der Waals surface area contributed by atoms with Crippen LogP contribution in [0.4, 0.5) is 0 Å². The predicted molar refractivity (Wildman–Crippen MR) is 57.2 cm³/mol. The molecule has 1 N–H and O–H groups in total. The first-order valence-corrected chi connectivity index (χ1v) is 4.73. The van der Waals surface area contributed by atoms with Gasteiger partial charge in [0.15, 0.2) is 0 Å². The number of methoxy groups -OCH3 is 1. The normalized spacial score (nSPS) is 9.73. The Morgan fingerprint density at radius 3 is 2.53 bits per heavy atom. The number of hydrogen-bond acceptors (Lipinski definition) is 4. The number of likely N-dealkylation sites (N-methyl/N-ethyl adjacent to an activating group) is 1. The lowest BCUT2D eigenvalue weighted by molar-refractivity contribution is 0.0600. The summed E-state index contributed by atoms with van der Waals surface area (Å²) in [6, 6.07) is 6.87. The summed E-state index contributed by atoms with van der Waals surface area (Å²) >= 11 is 0. The van der Waals surface area contributed by atoms with Crippen LogP contribution < -0.4 is 10.1 Å². The van der Waals surface area contributed by atoms with Crippen molar-refractivity contribution in [3.8, 4) is 5.75 Å². The Morgan fingerprint density at radius 1 is 1.33 bits per heavy atom. The highest BCUT2D eigenvalue weighted by atomic mass is 16.5. The van der Waals surface area contributed by atoms with E-state index in [0.29, 0.717) is 12.2 Å². The van der Waals surface area contributed by atoms with Crippen molar-refractivity contribution in [1.82, 2.24) is 5.32 Å². The summed E-state index contributed by atoms with van der Waals surface area (Å²) in [6.45, 7) is 1.40. The zero-order chi connectivity index (χ0) is 11.1. The molecule has 0 fully saturated rings. The van der Waals surface area contributed by atoms with Crippen LogP contribution in [-0.4, -0.2) is 33.3 Å². The molecule has 0 spiro atoms. The largest absolute Gasteiger partial charge is 0.492 e. The third-order valence-electron chi connectivity index (χ3n) is 1.90. The number of benzene rings is 1. The van der Waals surface area contributed by atoms with Crippen molar-refractivity contribution in [3.05, 3.63) is 29.8 Å². The van der Waals surface area contributed by atoms with Gasteiger partial charge in [0.05, 0.1) is 12.7 Å². The van der Waals surface area contributed by atoms with Crippen LogP contribution in [0, 0.1) is 0 Å². The van der Waals surface area contributed by atoms with Crippen molar-refractivity contribution in [2.75, 3.05) is 27.3 Å². The fraction of sp³-hybridized carbons (Fsp3) is 0.364. The molecule has 1 aromatic rings. The molecule has 0 heterocycles. The van der Waals surface area contributed by atoms with Gasteiger partial charge < -0.3 is 14.8 Å². The average Bonchev–Trinajstić information content (AvgIpc) is 2.29. The predicted octanol–water partition coefficient (Wildman–Crippen LogP) is 1.07. The molecule has 0 atom stereocenters. The minimum Gasteiger partial charge on any atom is -0.492 e. The van der Waals surface area contributed by atoms with Crippen LogP contribution in [0.25, 0.3) is 0 Å². The maximum atomic E-state index is 11.1. The molecule has 15 heavy (non-hydrogen) atoms. The zero-order valence-corrected chi connectivity index (χ0v) is 8.95. The van der Waals surface area contributed by atoms with Gasteiger partial charge in [0.25, 0.3) is 0 Å². The first kappa shape index (κ1) is 11.5. The van der Waals surface area contributed by atoms with Crippen molar-refractivity contribution in [2.24, 2.45) is 0 Å². The van der Waals surface area contributed by atoms with Gasteiger partial charge in [-0.3, -0.25) is 0 Å². The number of rotatable bonds is 5. The van der Waals surface area contributed by atoms with Gasteiger partial charge >= 0.3 is 5.97 Å². The molecule has 1 rings (SSSR count). The standard InChI is InChI=1S/C11H15NO3/c1-12-7-8-15-10-5-3-9(4-6-10)11(13)14-2/h3-6,12H,7-8H2,1-2H3. The number of ether oxygens (including phenoxy) is 2. The molecule has 0 unspecified atom stereocenters. The molecule has 0 aliphatic carbocycles. The second-order valence-electron chi connectivity index (χ2n) is 2.97. The van der Waals surface area contributed by atoms with E-state index in [1.165, 1.54) is 7.11 Å². The SMILES string of the molecule is CNCCOc1ccc(C(=O)OC)cc1. The van der Waals surface area contributed by atoms with Gasteiger partial charge in [-0.25, -0.2) is 4.79 Å². The Morgan fingerprint density at radius 2 is 2.00 bits per heavy atom. The highest BCUT2D eigenvalue weighted by Gasteiger charge is 2.04. The van der Waals surface area contributed by atoms with E-state index in [4.69, 9.17) is 4.74 Å². The topological polar surface area (TPSA) is 47.6 Å². The molecule has 4 heteroatoms. The number of esters is 1. The highest BCUT2D eigenvalue weighted by Crippen LogP contribution is 2.12. The zero-order valence-electron chi connectivity index (χ0n) is 8.95. The summed E-state index contributed by atoms with van der Waals surface area (Å²) < 4.78 is 9.99. The Balaban J connectivity index is 2.52. The third-order valence-corrected chi connectivity index (χ3v) is 1.90. The van der Waals surface area contributed by atoms with Crippen molar-refractivity contribution < 1.29 is 14.3 Å². The molecule has 1 aromatic carbocycles. The molecular weight excluding hydrogens is 194 g/mol.